The summed E-state index contributed by atoms with van der Waals surface area (Å²) in [6.45, 7) is 11.0. The lowest BCUT2D eigenvalue weighted by molar-refractivity contribution is -0.126. The van der Waals surface area contributed by atoms with Crippen LogP contribution in [0.1, 0.15) is 37.4 Å². The van der Waals surface area contributed by atoms with Crippen molar-refractivity contribution in [3.8, 4) is 22.6 Å². The lowest BCUT2D eigenvalue weighted by Gasteiger charge is -2.43. The van der Waals surface area contributed by atoms with Crippen LogP contribution in [-0.2, 0) is 4.79 Å². The molecule has 1 atom stereocenters. The normalized spacial score (nSPS) is 16.5. The van der Waals surface area contributed by atoms with Crippen LogP contribution in [0.25, 0.3) is 27.7 Å². The molecule has 2 aliphatic rings. The van der Waals surface area contributed by atoms with Gasteiger partial charge in [-0.1, -0.05) is 50.2 Å². The van der Waals surface area contributed by atoms with Gasteiger partial charge in [-0.15, -0.1) is 0 Å². The van der Waals surface area contributed by atoms with Crippen molar-refractivity contribution in [2.24, 2.45) is 0 Å². The number of benzene rings is 2. The quantitative estimate of drug-likeness (QED) is 0.302. The van der Waals surface area contributed by atoms with Crippen LogP contribution in [0.15, 0.2) is 54.0 Å². The molecule has 222 valence electrons. The Morgan fingerprint density at radius 3 is 2.74 bits per heavy atom. The molecule has 1 unspecified atom stereocenters. The fraction of sp³-hybridized carbons (Fsp3) is 0.312. The predicted molar refractivity (Wildman–Crippen MR) is 167 cm³/mol. The molecule has 4 heterocycles. The predicted octanol–water partition coefficient (Wildman–Crippen LogP) is 5.40. The summed E-state index contributed by atoms with van der Waals surface area (Å²) in [4.78, 5) is 39.5. The van der Waals surface area contributed by atoms with Gasteiger partial charge in [0.05, 0.1) is 27.5 Å². The number of nitrogens with zero attached hydrogens (tertiary/aromatic N) is 5. The Morgan fingerprint density at radius 1 is 1.26 bits per heavy atom. The topological polar surface area (TPSA) is 104 Å². The van der Waals surface area contributed by atoms with Gasteiger partial charge in [0.15, 0.2) is 5.82 Å². The third kappa shape index (κ3) is 4.60. The molecule has 2 aromatic carbocycles. The molecule has 6 rings (SSSR count). The van der Waals surface area contributed by atoms with Crippen molar-refractivity contribution < 1.29 is 14.3 Å². The number of halogens is 2. The number of amides is 1. The molecule has 11 heteroatoms. The lowest BCUT2D eigenvalue weighted by atomic mass is 9.97. The summed E-state index contributed by atoms with van der Waals surface area (Å²) in [5.74, 6) is -0.860. The summed E-state index contributed by atoms with van der Waals surface area (Å²) in [5, 5.41) is 14.6. The molecule has 0 bridgehead atoms. The fourth-order valence-electron chi connectivity index (χ4n) is 6.26. The van der Waals surface area contributed by atoms with Crippen molar-refractivity contribution in [2.75, 3.05) is 36.4 Å². The highest BCUT2D eigenvalue weighted by Crippen LogP contribution is 2.48. The first-order valence-corrected chi connectivity index (χ1v) is 14.7. The van der Waals surface area contributed by atoms with E-state index in [4.69, 9.17) is 11.6 Å². The lowest BCUT2D eigenvalue weighted by Crippen LogP contribution is -2.56. The summed E-state index contributed by atoms with van der Waals surface area (Å²) < 4.78 is 18.6. The van der Waals surface area contributed by atoms with E-state index in [0.29, 0.717) is 60.9 Å². The molecule has 4 aromatic rings. The van der Waals surface area contributed by atoms with Gasteiger partial charge in [-0.25, -0.2) is 9.18 Å². The maximum atomic E-state index is 17.3. The zero-order valence-electron chi connectivity index (χ0n) is 24.2. The van der Waals surface area contributed by atoms with E-state index in [9.17, 15) is 14.7 Å². The van der Waals surface area contributed by atoms with Gasteiger partial charge in [-0.05, 0) is 43.0 Å². The molecule has 1 fully saturated rings. The van der Waals surface area contributed by atoms with E-state index in [1.165, 1.54) is 16.7 Å². The number of carbonyl (C=O) groups is 1. The fourth-order valence-corrected chi connectivity index (χ4v) is 6.61. The number of rotatable bonds is 4. The number of nitrogens with one attached hydrogen (secondary N) is 1. The van der Waals surface area contributed by atoms with E-state index in [-0.39, 0.29) is 45.3 Å². The van der Waals surface area contributed by atoms with Crippen LogP contribution in [0, 0.1) is 12.7 Å². The monoisotopic (exact) mass is 602 g/mol. The molecular weight excluding hydrogens is 571 g/mol. The van der Waals surface area contributed by atoms with Gasteiger partial charge in [0, 0.05) is 49.5 Å². The van der Waals surface area contributed by atoms with Crippen LogP contribution >= 0.6 is 11.6 Å². The second kappa shape index (κ2) is 11.0. The van der Waals surface area contributed by atoms with Crippen LogP contribution in [0.4, 0.5) is 15.9 Å². The number of hydrogen-bond acceptors (Lipinski definition) is 7. The molecule has 1 saturated heterocycles. The van der Waals surface area contributed by atoms with Crippen molar-refractivity contribution in [1.82, 2.24) is 19.4 Å². The number of aromatic nitrogens is 3. The average Bonchev–Trinajstić information content (AvgIpc) is 2.98. The van der Waals surface area contributed by atoms with Crippen LogP contribution in [0.2, 0.25) is 5.02 Å². The van der Waals surface area contributed by atoms with Gasteiger partial charge in [-0.2, -0.15) is 4.98 Å². The zero-order valence-corrected chi connectivity index (χ0v) is 25.0. The van der Waals surface area contributed by atoms with E-state index >= 15 is 4.39 Å². The Labute approximate surface area is 253 Å². The first-order valence-electron chi connectivity index (χ1n) is 14.3. The Balaban J connectivity index is 1.75. The highest BCUT2D eigenvalue weighted by Gasteiger charge is 2.36. The van der Waals surface area contributed by atoms with Crippen molar-refractivity contribution in [2.45, 2.75) is 39.2 Å². The second-order valence-electron chi connectivity index (χ2n) is 11.2. The molecule has 1 amide bonds. The van der Waals surface area contributed by atoms with Crippen molar-refractivity contribution in [3.05, 3.63) is 81.8 Å². The molecule has 2 aliphatic heterocycles. The number of anilines is 2. The van der Waals surface area contributed by atoms with E-state index in [2.05, 4.69) is 21.9 Å². The standard InChI is InChI=1S/C32H32ClFN6O3/c1-5-22(42)38-14-15-39-19(16-38)11-13-36-28-24-30(26(34)23(25(28)33)20-8-6-7-9-21(20)41)40(32(43)37-31(24)39)29-18(4)10-12-35-27(29)17(2)3/h5-10,12,17,19,36,41H,1,11,13-16H2,2-4H3. The van der Waals surface area contributed by atoms with E-state index in [1.54, 1.807) is 35.4 Å². The SMILES string of the molecule is C=CC(=O)N1CCN2c3nc(=O)n(-c4c(C)ccnc4C(C)C)c4c(F)c(-c5ccccc5O)c(Cl)c(c34)NCCC2C1. The van der Waals surface area contributed by atoms with Crippen molar-refractivity contribution in [1.29, 1.82) is 0 Å². The molecule has 0 radical (unpaired) electrons. The average molecular weight is 603 g/mol. The summed E-state index contributed by atoms with van der Waals surface area (Å²) in [7, 11) is 0. The molecule has 9 nitrogen and oxygen atoms in total. The summed E-state index contributed by atoms with van der Waals surface area (Å²) in [5.41, 5.74) is 1.72. The summed E-state index contributed by atoms with van der Waals surface area (Å²) >= 11 is 7.02. The maximum Gasteiger partial charge on any atom is 0.354 e. The Kier molecular flexibility index (Phi) is 7.33. The number of fused-ring (bicyclic) bond motifs is 2. The Morgan fingerprint density at radius 2 is 2.02 bits per heavy atom. The Hall–Kier alpha value is -4.44. The van der Waals surface area contributed by atoms with E-state index in [1.807, 2.05) is 25.7 Å². The minimum absolute atomic E-state index is 0.0107. The van der Waals surface area contributed by atoms with Crippen molar-refractivity contribution >= 4 is 39.9 Å². The van der Waals surface area contributed by atoms with E-state index in [0.717, 1.165) is 5.56 Å². The zero-order chi connectivity index (χ0) is 30.6. The first kappa shape index (κ1) is 28.7. The van der Waals surface area contributed by atoms with Crippen LogP contribution in [0.3, 0.4) is 0 Å². The third-order valence-electron chi connectivity index (χ3n) is 8.31. The van der Waals surface area contributed by atoms with Gasteiger partial charge in [0.25, 0.3) is 0 Å². The number of hydrogen-bond donors (Lipinski definition) is 2. The molecule has 43 heavy (non-hydrogen) atoms. The smallest absolute Gasteiger partial charge is 0.354 e. The number of carbonyl (C=O) groups excluding carboxylic acids is 1. The van der Waals surface area contributed by atoms with Crippen LogP contribution < -0.4 is 15.9 Å². The number of phenols is 1. The van der Waals surface area contributed by atoms with Gasteiger partial charge in [0.2, 0.25) is 5.91 Å². The number of piperazine rings is 1. The second-order valence-corrected chi connectivity index (χ2v) is 11.6. The molecule has 2 aromatic heterocycles. The molecule has 0 saturated carbocycles. The highest BCUT2D eigenvalue weighted by molar-refractivity contribution is 6.38. The minimum Gasteiger partial charge on any atom is -0.507 e. The number of pyridine rings is 1. The summed E-state index contributed by atoms with van der Waals surface area (Å²) in [6.07, 6.45) is 3.57. The first-order chi connectivity index (χ1) is 20.6. The van der Waals surface area contributed by atoms with Gasteiger partial charge in [0.1, 0.15) is 17.1 Å². The van der Waals surface area contributed by atoms with Crippen LogP contribution in [-0.4, -0.2) is 62.7 Å². The summed E-state index contributed by atoms with van der Waals surface area (Å²) in [6, 6.07) is 7.98. The molecular formula is C32H32ClFN6O3. The minimum atomic E-state index is -0.761. The van der Waals surface area contributed by atoms with Gasteiger partial charge >= 0.3 is 5.69 Å². The highest BCUT2D eigenvalue weighted by atomic mass is 35.5. The van der Waals surface area contributed by atoms with Crippen LogP contribution in [0.5, 0.6) is 5.75 Å². The third-order valence-corrected chi connectivity index (χ3v) is 8.69. The molecule has 2 N–H and O–H groups in total. The number of phenolic OH excluding ortho intramolecular Hbond substituents is 1. The molecule has 0 aliphatic carbocycles. The number of aryl methyl sites for hydroxylation is 1. The van der Waals surface area contributed by atoms with E-state index < -0.39 is 11.5 Å². The number of para-hydroxylation sites is 1. The molecule has 0 spiro atoms. The maximum absolute atomic E-state index is 17.3. The largest absolute Gasteiger partial charge is 0.507 e. The Bertz CT molecular complexity index is 1860. The number of aromatic hydroxyl groups is 1. The van der Waals surface area contributed by atoms with Crippen molar-refractivity contribution in [3.63, 3.8) is 0 Å². The van der Waals surface area contributed by atoms with Gasteiger partial charge in [-0.3, -0.25) is 14.3 Å². The van der Waals surface area contributed by atoms with Gasteiger partial charge < -0.3 is 20.2 Å².